The fourth-order valence-corrected chi connectivity index (χ4v) is 16.0. The molecule has 91 heavy (non-hydrogen) atoms. The highest BCUT2D eigenvalue weighted by atomic mass is 32.1. The summed E-state index contributed by atoms with van der Waals surface area (Å²) in [6.45, 7) is 20.9. The Hall–Kier alpha value is -9.16. The minimum absolute atomic E-state index is 0.00318. The van der Waals surface area contributed by atoms with E-state index >= 15 is 0 Å². The van der Waals surface area contributed by atoms with Crippen LogP contribution in [-0.4, -0.2) is 6.71 Å². The molecule has 0 saturated heterocycles. The second kappa shape index (κ2) is 23.0. The minimum Gasteiger partial charge on any atom is -0.311 e. The zero-order valence-electron chi connectivity index (χ0n) is 54.2. The van der Waals surface area contributed by atoms with Gasteiger partial charge >= 0.3 is 0 Å². The van der Waals surface area contributed by atoms with Crippen LogP contribution in [0.2, 0.25) is 0 Å². The first-order valence-corrected chi connectivity index (χ1v) is 33.9. The van der Waals surface area contributed by atoms with Gasteiger partial charge in [-0.05, 0) is 186 Å². The maximum absolute atomic E-state index is 2.71. The Labute approximate surface area is 544 Å². The van der Waals surface area contributed by atoms with Crippen molar-refractivity contribution in [3.05, 3.63) is 277 Å². The van der Waals surface area contributed by atoms with Crippen molar-refractivity contribution in [2.75, 3.05) is 14.7 Å². The van der Waals surface area contributed by atoms with Crippen LogP contribution in [0.5, 0.6) is 0 Å². The predicted molar refractivity (Wildman–Crippen MR) is 394 cm³/mol. The largest absolute Gasteiger partial charge is 0.311 e. The Morgan fingerprint density at radius 3 is 1.48 bits per heavy atom. The van der Waals surface area contributed by atoms with E-state index in [2.05, 4.69) is 332 Å². The van der Waals surface area contributed by atoms with Gasteiger partial charge in [0.15, 0.2) is 0 Å². The number of hydrogen-bond acceptors (Lipinski definition) is 4. The Balaban J connectivity index is 1.06. The quantitative estimate of drug-likeness (QED) is 0.126. The van der Waals surface area contributed by atoms with Crippen molar-refractivity contribution in [2.45, 2.75) is 117 Å². The van der Waals surface area contributed by atoms with Crippen LogP contribution in [0.15, 0.2) is 255 Å². The SMILES string of the molecule is CC(C)(C)c1ccc(N(c2ccc3c(c2)N(c2ccc(-c4ccccc4)cc2-c2ccccc2)c2cc(C4CCCCC4)cc4c2B3c2sc3ccc(C(C)(C)C)cc3c2N4c2ccc(C(C)(C)C)cc2)c2ccc(-c3ccccc3)cc2-c2ccccc2)cc1. The van der Waals surface area contributed by atoms with E-state index in [9.17, 15) is 0 Å². The van der Waals surface area contributed by atoms with Crippen molar-refractivity contribution in [1.82, 2.24) is 0 Å². The average Bonchev–Trinajstić information content (AvgIpc) is 1.68. The molecule has 2 aliphatic heterocycles. The number of nitrogens with zero attached hydrogens (tertiary/aromatic N) is 3. The first kappa shape index (κ1) is 58.2. The summed E-state index contributed by atoms with van der Waals surface area (Å²) in [5, 5.41) is 1.32. The minimum atomic E-state index is -0.0744. The van der Waals surface area contributed by atoms with Gasteiger partial charge in [-0.1, -0.05) is 251 Å². The first-order chi connectivity index (χ1) is 44.0. The molecular formula is C86H80BN3S. The lowest BCUT2D eigenvalue weighted by Crippen LogP contribution is -2.60. The lowest BCUT2D eigenvalue weighted by atomic mass is 9.36. The standard InChI is InChI=1S/C86H80BN3S/c1-84(2,3)65-37-42-68(43-38-65)88(75-48-35-62(57-25-15-10-16-26-57)51-71(75)60-31-21-13-22-32-60)70-46-47-74-77(56-70)90(76-49-36-63(58-27-17-11-18-28-58)52-72(76)61-33-23-14-24-34-61)79-54-64(59-29-19-12-20-30-59)53-78-81(79)87(74)83-82(73-55-67(86(7,8)9)41-50-80(73)91-83)89(78)69-44-39-66(40-45-69)85(4,5)6/h10-11,13-18,21-28,31-56,59H,12,19-20,29-30H2,1-9H3. The zero-order valence-corrected chi connectivity index (χ0v) is 55.0. The number of thiophene rings is 1. The van der Waals surface area contributed by atoms with E-state index in [4.69, 9.17) is 0 Å². The zero-order chi connectivity index (χ0) is 62.3. The van der Waals surface area contributed by atoms with E-state index in [0.29, 0.717) is 5.92 Å². The van der Waals surface area contributed by atoms with Gasteiger partial charge in [-0.2, -0.15) is 0 Å². The molecule has 12 aromatic rings. The normalized spacial score (nSPS) is 14.1. The van der Waals surface area contributed by atoms with Crippen LogP contribution in [0.3, 0.4) is 0 Å². The summed E-state index contributed by atoms with van der Waals surface area (Å²) in [5.74, 6) is 0.428. The molecule has 1 aliphatic carbocycles. The van der Waals surface area contributed by atoms with Crippen molar-refractivity contribution in [1.29, 1.82) is 0 Å². The fourth-order valence-electron chi connectivity index (χ4n) is 14.7. The molecular weight excluding hydrogens is 1120 g/mol. The number of rotatable bonds is 10. The van der Waals surface area contributed by atoms with Gasteiger partial charge in [0.1, 0.15) is 0 Å². The summed E-state index contributed by atoms with van der Waals surface area (Å²) < 4.78 is 2.70. The molecule has 0 amide bonds. The van der Waals surface area contributed by atoms with Gasteiger partial charge in [0.2, 0.25) is 0 Å². The highest BCUT2D eigenvalue weighted by Gasteiger charge is 2.47. The monoisotopic (exact) mass is 1200 g/mol. The third-order valence-electron chi connectivity index (χ3n) is 19.7. The second-order valence-corrected chi connectivity index (χ2v) is 29.9. The molecule has 1 saturated carbocycles. The maximum atomic E-state index is 2.71. The van der Waals surface area contributed by atoms with Crippen LogP contribution in [-0.2, 0) is 16.2 Å². The van der Waals surface area contributed by atoms with Crippen molar-refractivity contribution in [3.8, 4) is 44.5 Å². The van der Waals surface area contributed by atoms with E-state index in [1.165, 1.54) is 153 Å². The van der Waals surface area contributed by atoms with Crippen LogP contribution < -0.4 is 30.4 Å². The number of anilines is 9. The summed E-state index contributed by atoms with van der Waals surface area (Å²) in [4.78, 5) is 7.96. The summed E-state index contributed by atoms with van der Waals surface area (Å²) in [6.07, 6.45) is 6.13. The Bertz CT molecular complexity index is 4660. The third kappa shape index (κ3) is 10.7. The average molecular weight is 1200 g/mol. The smallest absolute Gasteiger partial charge is 0.264 e. The molecule has 0 atom stereocenters. The van der Waals surface area contributed by atoms with Crippen molar-refractivity contribution in [3.63, 3.8) is 0 Å². The van der Waals surface area contributed by atoms with Gasteiger partial charge in [0.05, 0.1) is 17.1 Å². The molecule has 3 aliphatic rings. The maximum Gasteiger partial charge on any atom is 0.264 e. The van der Waals surface area contributed by atoms with Crippen LogP contribution >= 0.6 is 11.3 Å². The molecule has 15 rings (SSSR count). The van der Waals surface area contributed by atoms with Gasteiger partial charge in [-0.15, -0.1) is 11.3 Å². The second-order valence-electron chi connectivity index (χ2n) is 28.8. The summed E-state index contributed by atoms with van der Waals surface area (Å²) in [6, 6.07) is 97.5. The molecule has 3 nitrogen and oxygen atoms in total. The van der Waals surface area contributed by atoms with Gasteiger partial charge < -0.3 is 14.7 Å². The molecule has 448 valence electrons. The molecule has 0 unspecified atom stereocenters. The predicted octanol–water partition coefficient (Wildman–Crippen LogP) is 23.1. The highest BCUT2D eigenvalue weighted by molar-refractivity contribution is 7.33. The van der Waals surface area contributed by atoms with E-state index < -0.39 is 0 Å². The van der Waals surface area contributed by atoms with Gasteiger partial charge in [-0.25, -0.2) is 0 Å². The summed E-state index contributed by atoms with van der Waals surface area (Å²) >= 11 is 1.99. The molecule has 0 N–H and O–H groups in total. The van der Waals surface area contributed by atoms with E-state index in [-0.39, 0.29) is 23.0 Å². The lowest BCUT2D eigenvalue weighted by molar-refractivity contribution is 0.444. The molecule has 11 aromatic carbocycles. The van der Waals surface area contributed by atoms with Crippen LogP contribution in [0.1, 0.15) is 123 Å². The number of fused-ring (bicyclic) bond motifs is 6. The van der Waals surface area contributed by atoms with Gasteiger partial charge in [0.25, 0.3) is 6.71 Å². The third-order valence-corrected chi connectivity index (χ3v) is 20.9. The van der Waals surface area contributed by atoms with Crippen molar-refractivity contribution >= 4 is 95.0 Å². The molecule has 1 aromatic heterocycles. The van der Waals surface area contributed by atoms with Crippen LogP contribution in [0.4, 0.5) is 51.2 Å². The Morgan fingerprint density at radius 2 is 0.901 bits per heavy atom. The molecule has 0 spiro atoms. The number of benzene rings is 11. The fraction of sp³-hybridized carbons (Fsp3) is 0.209. The van der Waals surface area contributed by atoms with Crippen molar-refractivity contribution < 1.29 is 0 Å². The Kier molecular flexibility index (Phi) is 14.7. The van der Waals surface area contributed by atoms with Crippen molar-refractivity contribution in [2.24, 2.45) is 0 Å². The molecule has 0 bridgehead atoms. The molecule has 0 radical (unpaired) electrons. The van der Waals surface area contributed by atoms with E-state index in [1.54, 1.807) is 0 Å². The van der Waals surface area contributed by atoms with E-state index in [0.717, 1.165) is 22.7 Å². The Morgan fingerprint density at radius 1 is 0.396 bits per heavy atom. The van der Waals surface area contributed by atoms with Gasteiger partial charge in [-0.3, -0.25) is 0 Å². The highest BCUT2D eigenvalue weighted by Crippen LogP contribution is 2.54. The molecule has 5 heteroatoms. The van der Waals surface area contributed by atoms with Crippen LogP contribution in [0, 0.1) is 0 Å². The first-order valence-electron chi connectivity index (χ1n) is 33.0. The summed E-state index contributed by atoms with van der Waals surface area (Å²) in [5.41, 5.74) is 28.2. The summed E-state index contributed by atoms with van der Waals surface area (Å²) in [7, 11) is 0. The topological polar surface area (TPSA) is 9.72 Å². The number of hydrogen-bond donors (Lipinski definition) is 0. The van der Waals surface area contributed by atoms with E-state index in [1.807, 2.05) is 11.3 Å². The van der Waals surface area contributed by atoms with Gasteiger partial charge in [0, 0.05) is 60.1 Å². The lowest BCUT2D eigenvalue weighted by Gasteiger charge is -2.45. The van der Waals surface area contributed by atoms with Crippen LogP contribution in [0.25, 0.3) is 54.6 Å². The molecule has 3 heterocycles. The molecule has 1 fully saturated rings.